The Balaban J connectivity index is 2.47. The van der Waals surface area contributed by atoms with Crippen LogP contribution >= 0.6 is 0 Å². The second-order valence-corrected chi connectivity index (χ2v) is 2.87. The second kappa shape index (κ2) is 6.01. The molecule has 0 bridgehead atoms. The van der Waals surface area contributed by atoms with Crippen molar-refractivity contribution in [2.24, 2.45) is 0 Å². The summed E-state index contributed by atoms with van der Waals surface area (Å²) < 4.78 is 5.13. The molecule has 1 rings (SSSR count). The van der Waals surface area contributed by atoms with E-state index in [0.29, 0.717) is 0 Å². The molecular formula is C11H14N2O. The highest BCUT2D eigenvalue weighted by Gasteiger charge is 1.94. The monoisotopic (exact) mass is 190 g/mol. The van der Waals surface area contributed by atoms with Crippen LogP contribution < -0.4 is 10.1 Å². The minimum Gasteiger partial charge on any atom is -0.479 e. The Labute approximate surface area is 84.3 Å². The van der Waals surface area contributed by atoms with Crippen molar-refractivity contribution < 1.29 is 4.74 Å². The number of ether oxygens (including phenoxy) is 1. The van der Waals surface area contributed by atoms with Crippen LogP contribution in [0.15, 0.2) is 24.3 Å². The van der Waals surface area contributed by atoms with Crippen LogP contribution in [0.5, 0.6) is 5.75 Å². The lowest BCUT2D eigenvalue weighted by atomic mass is 10.2. The molecule has 3 heteroatoms. The third-order valence-corrected chi connectivity index (χ3v) is 1.81. The number of nitrogens with zero attached hydrogens (tertiary/aromatic N) is 1. The molecule has 0 spiro atoms. The summed E-state index contributed by atoms with van der Waals surface area (Å²) in [6.07, 6.45) is 0. The van der Waals surface area contributed by atoms with Gasteiger partial charge in [-0.25, -0.2) is 0 Å². The number of hydrogen-bond acceptors (Lipinski definition) is 3. The molecule has 0 fully saturated rings. The first-order valence-corrected chi connectivity index (χ1v) is 4.66. The Kier molecular flexibility index (Phi) is 4.53. The molecule has 1 N–H and O–H groups in total. The third kappa shape index (κ3) is 3.46. The molecule has 14 heavy (non-hydrogen) atoms. The fourth-order valence-electron chi connectivity index (χ4n) is 1.09. The zero-order chi connectivity index (χ0) is 10.2. The van der Waals surface area contributed by atoms with E-state index in [9.17, 15) is 0 Å². The summed E-state index contributed by atoms with van der Waals surface area (Å²) in [5.74, 6) is 0.742. The van der Waals surface area contributed by atoms with Gasteiger partial charge in [0.05, 0.1) is 0 Å². The first-order chi connectivity index (χ1) is 6.86. The molecule has 0 saturated heterocycles. The summed E-state index contributed by atoms with van der Waals surface area (Å²) in [6.45, 7) is 4.01. The maximum Gasteiger partial charge on any atom is 0.174 e. The van der Waals surface area contributed by atoms with Crippen LogP contribution in [0.3, 0.4) is 0 Å². The Morgan fingerprint density at radius 1 is 1.36 bits per heavy atom. The van der Waals surface area contributed by atoms with Crippen LogP contribution in [0, 0.1) is 11.3 Å². The summed E-state index contributed by atoms with van der Waals surface area (Å²) >= 11 is 0. The Bertz CT molecular complexity index is 300. The van der Waals surface area contributed by atoms with E-state index in [2.05, 4.69) is 12.2 Å². The van der Waals surface area contributed by atoms with Gasteiger partial charge in [-0.1, -0.05) is 19.1 Å². The number of benzene rings is 1. The van der Waals surface area contributed by atoms with Gasteiger partial charge in [-0.2, -0.15) is 5.26 Å². The van der Waals surface area contributed by atoms with Crippen LogP contribution in [0.25, 0.3) is 0 Å². The smallest absolute Gasteiger partial charge is 0.174 e. The van der Waals surface area contributed by atoms with Crippen molar-refractivity contribution in [3.8, 4) is 11.8 Å². The van der Waals surface area contributed by atoms with Crippen molar-refractivity contribution in [3.05, 3.63) is 29.8 Å². The zero-order valence-corrected chi connectivity index (χ0v) is 8.29. The Morgan fingerprint density at radius 2 is 2.07 bits per heavy atom. The molecule has 0 unspecified atom stereocenters. The molecule has 74 valence electrons. The van der Waals surface area contributed by atoms with Crippen molar-refractivity contribution >= 4 is 0 Å². The fourth-order valence-corrected chi connectivity index (χ4v) is 1.09. The molecule has 0 aliphatic rings. The maximum atomic E-state index is 8.31. The molecule has 0 aliphatic carbocycles. The van der Waals surface area contributed by atoms with Gasteiger partial charge < -0.3 is 10.1 Å². The van der Waals surface area contributed by atoms with E-state index in [1.165, 1.54) is 5.56 Å². The lowest BCUT2D eigenvalue weighted by molar-refractivity contribution is 0.368. The van der Waals surface area contributed by atoms with Gasteiger partial charge in [0.2, 0.25) is 0 Å². The van der Waals surface area contributed by atoms with Gasteiger partial charge in [-0.05, 0) is 24.2 Å². The highest BCUT2D eigenvalue weighted by molar-refractivity contribution is 5.27. The Morgan fingerprint density at radius 3 is 2.64 bits per heavy atom. The molecule has 0 aliphatic heterocycles. The van der Waals surface area contributed by atoms with Gasteiger partial charge in [0.25, 0.3) is 0 Å². The number of hydrogen-bond donors (Lipinski definition) is 1. The standard InChI is InChI=1S/C11H14N2O/c1-2-13-9-10-3-5-11(6-4-10)14-8-7-12/h3-6,13H,2,8-9H2,1H3. The highest BCUT2D eigenvalue weighted by Crippen LogP contribution is 2.11. The van der Waals surface area contributed by atoms with Crippen LogP contribution in [-0.4, -0.2) is 13.2 Å². The molecule has 0 heterocycles. The highest BCUT2D eigenvalue weighted by atomic mass is 16.5. The quantitative estimate of drug-likeness (QED) is 0.768. The van der Waals surface area contributed by atoms with Gasteiger partial charge in [-0.3, -0.25) is 0 Å². The first kappa shape index (κ1) is 10.6. The van der Waals surface area contributed by atoms with Gasteiger partial charge >= 0.3 is 0 Å². The van der Waals surface area contributed by atoms with Gasteiger partial charge in [-0.15, -0.1) is 0 Å². The molecule has 0 atom stereocenters. The van der Waals surface area contributed by atoms with Crippen LogP contribution in [-0.2, 0) is 6.54 Å². The predicted molar refractivity (Wildman–Crippen MR) is 54.9 cm³/mol. The van der Waals surface area contributed by atoms with E-state index in [1.54, 1.807) is 0 Å². The maximum absolute atomic E-state index is 8.31. The summed E-state index contributed by atoms with van der Waals surface area (Å²) in [7, 11) is 0. The van der Waals surface area contributed by atoms with Crippen molar-refractivity contribution in [3.63, 3.8) is 0 Å². The molecule has 1 aromatic carbocycles. The number of nitrogens with one attached hydrogen (secondary N) is 1. The van der Waals surface area contributed by atoms with Crippen LogP contribution in [0.1, 0.15) is 12.5 Å². The van der Waals surface area contributed by atoms with E-state index >= 15 is 0 Å². The minimum atomic E-state index is 0.104. The van der Waals surface area contributed by atoms with E-state index in [4.69, 9.17) is 10.00 Å². The summed E-state index contributed by atoms with van der Waals surface area (Å²) in [4.78, 5) is 0. The largest absolute Gasteiger partial charge is 0.479 e. The lowest BCUT2D eigenvalue weighted by Crippen LogP contribution is -2.11. The van der Waals surface area contributed by atoms with Crippen molar-refractivity contribution in [1.29, 1.82) is 5.26 Å². The summed E-state index contributed by atoms with van der Waals surface area (Å²) in [5, 5.41) is 11.5. The van der Waals surface area contributed by atoms with E-state index in [1.807, 2.05) is 30.3 Å². The average molecular weight is 190 g/mol. The average Bonchev–Trinajstić information content (AvgIpc) is 2.25. The van der Waals surface area contributed by atoms with Gasteiger partial charge in [0, 0.05) is 6.54 Å². The molecule has 1 aromatic rings. The van der Waals surface area contributed by atoms with Crippen molar-refractivity contribution in [2.75, 3.05) is 13.2 Å². The Hall–Kier alpha value is -1.53. The molecule has 0 saturated carbocycles. The van der Waals surface area contributed by atoms with Gasteiger partial charge in [0.15, 0.2) is 6.61 Å². The molecule has 0 aromatic heterocycles. The molecule has 0 amide bonds. The first-order valence-electron chi connectivity index (χ1n) is 4.66. The zero-order valence-electron chi connectivity index (χ0n) is 8.29. The SMILES string of the molecule is CCNCc1ccc(OCC#N)cc1. The third-order valence-electron chi connectivity index (χ3n) is 1.81. The molecular weight excluding hydrogens is 176 g/mol. The van der Waals surface area contributed by atoms with Crippen molar-refractivity contribution in [2.45, 2.75) is 13.5 Å². The fraction of sp³-hybridized carbons (Fsp3) is 0.364. The lowest BCUT2D eigenvalue weighted by Gasteiger charge is -2.04. The minimum absolute atomic E-state index is 0.104. The topological polar surface area (TPSA) is 45.0 Å². The predicted octanol–water partition coefficient (Wildman–Crippen LogP) is 1.70. The van der Waals surface area contributed by atoms with Crippen molar-refractivity contribution in [1.82, 2.24) is 5.32 Å². The van der Waals surface area contributed by atoms with Crippen LogP contribution in [0.4, 0.5) is 0 Å². The number of rotatable bonds is 5. The van der Waals surface area contributed by atoms with E-state index in [-0.39, 0.29) is 6.61 Å². The summed E-state index contributed by atoms with van der Waals surface area (Å²) in [6, 6.07) is 9.68. The van der Waals surface area contributed by atoms with Gasteiger partial charge in [0.1, 0.15) is 11.8 Å². The number of nitriles is 1. The van der Waals surface area contributed by atoms with E-state index < -0.39 is 0 Å². The molecule has 0 radical (unpaired) electrons. The summed E-state index contributed by atoms with van der Waals surface area (Å²) in [5.41, 5.74) is 1.22. The van der Waals surface area contributed by atoms with Crippen LogP contribution in [0.2, 0.25) is 0 Å². The second-order valence-electron chi connectivity index (χ2n) is 2.87. The normalized spacial score (nSPS) is 9.43. The van der Waals surface area contributed by atoms with E-state index in [0.717, 1.165) is 18.8 Å². The molecule has 3 nitrogen and oxygen atoms in total.